The number of piperidine rings is 1. The summed E-state index contributed by atoms with van der Waals surface area (Å²) in [6, 6.07) is 10.5. The molecule has 1 aliphatic carbocycles. The Morgan fingerprint density at radius 3 is 2.33 bits per heavy atom. The van der Waals surface area contributed by atoms with Crippen LogP contribution >= 0.6 is 0 Å². The monoisotopic (exact) mass is 244 g/mol. The normalized spacial score (nSPS) is 20.7. The second-order valence-corrected chi connectivity index (χ2v) is 5.30. The topological polar surface area (TPSA) is 32.3 Å². The summed E-state index contributed by atoms with van der Waals surface area (Å²) in [5, 5.41) is 3.37. The molecule has 0 spiro atoms. The van der Waals surface area contributed by atoms with Crippen molar-refractivity contribution in [2.75, 3.05) is 18.0 Å². The number of nitrogens with zero attached hydrogens (tertiary/aromatic N) is 1. The molecule has 3 rings (SSSR count). The molecule has 96 valence electrons. The van der Waals surface area contributed by atoms with Crippen molar-refractivity contribution in [2.24, 2.45) is 5.92 Å². The number of hydrogen-bond donors (Lipinski definition) is 1. The number of carbonyl (C=O) groups excluding carboxylic acids is 1. The van der Waals surface area contributed by atoms with E-state index in [9.17, 15) is 4.79 Å². The quantitative estimate of drug-likeness (QED) is 0.884. The van der Waals surface area contributed by atoms with Crippen LogP contribution in [0.25, 0.3) is 0 Å². The number of hydrogen-bond acceptors (Lipinski definition) is 2. The molecule has 0 radical (unpaired) electrons. The van der Waals surface area contributed by atoms with E-state index in [1.807, 2.05) is 18.2 Å². The maximum absolute atomic E-state index is 12.5. The van der Waals surface area contributed by atoms with E-state index in [1.165, 1.54) is 0 Å². The molecule has 1 saturated carbocycles. The molecule has 1 aromatic rings. The molecule has 18 heavy (non-hydrogen) atoms. The van der Waals surface area contributed by atoms with Crippen LogP contribution in [0.4, 0.5) is 5.69 Å². The highest BCUT2D eigenvalue weighted by molar-refractivity contribution is 5.97. The first-order chi connectivity index (χ1) is 8.86. The lowest BCUT2D eigenvalue weighted by atomic mass is 10.0. The molecule has 3 heteroatoms. The van der Waals surface area contributed by atoms with E-state index in [2.05, 4.69) is 22.3 Å². The Balaban J connectivity index is 1.84. The molecule has 0 aromatic heterocycles. The van der Waals surface area contributed by atoms with Crippen LogP contribution in [-0.2, 0) is 4.79 Å². The van der Waals surface area contributed by atoms with Crippen LogP contribution in [0.5, 0.6) is 0 Å². The Morgan fingerprint density at radius 1 is 1.06 bits per heavy atom. The summed E-state index contributed by atoms with van der Waals surface area (Å²) in [6.45, 7) is 2.04. The van der Waals surface area contributed by atoms with Crippen LogP contribution in [0.1, 0.15) is 25.7 Å². The fourth-order valence-electron chi connectivity index (χ4n) is 2.70. The summed E-state index contributed by atoms with van der Waals surface area (Å²) < 4.78 is 0. The van der Waals surface area contributed by atoms with E-state index in [-0.39, 0.29) is 0 Å². The number of carbonyl (C=O) groups is 1. The lowest BCUT2D eigenvalue weighted by Crippen LogP contribution is -2.47. The van der Waals surface area contributed by atoms with E-state index >= 15 is 0 Å². The van der Waals surface area contributed by atoms with Crippen LogP contribution in [0.15, 0.2) is 30.3 Å². The van der Waals surface area contributed by atoms with Crippen molar-refractivity contribution in [2.45, 2.75) is 31.7 Å². The molecule has 1 aromatic carbocycles. The van der Waals surface area contributed by atoms with Crippen molar-refractivity contribution in [1.82, 2.24) is 5.32 Å². The fourth-order valence-corrected chi connectivity index (χ4v) is 2.70. The minimum atomic E-state index is 0.292. The van der Waals surface area contributed by atoms with Crippen molar-refractivity contribution in [3.05, 3.63) is 30.3 Å². The van der Waals surface area contributed by atoms with Crippen molar-refractivity contribution < 1.29 is 4.79 Å². The molecule has 0 unspecified atom stereocenters. The van der Waals surface area contributed by atoms with E-state index in [0.717, 1.165) is 44.5 Å². The standard InChI is InChI=1S/C15H20N2O/c18-15(12-6-7-12)17(13-4-2-1-3-5-13)14-8-10-16-11-9-14/h1-5,12,14,16H,6-11H2. The van der Waals surface area contributed by atoms with Gasteiger partial charge in [-0.25, -0.2) is 0 Å². The van der Waals surface area contributed by atoms with Crippen molar-refractivity contribution in [3.63, 3.8) is 0 Å². The van der Waals surface area contributed by atoms with Crippen molar-refractivity contribution in [1.29, 1.82) is 0 Å². The summed E-state index contributed by atoms with van der Waals surface area (Å²) in [6.07, 6.45) is 4.28. The van der Waals surface area contributed by atoms with Crippen LogP contribution in [-0.4, -0.2) is 25.0 Å². The zero-order valence-corrected chi connectivity index (χ0v) is 10.6. The maximum atomic E-state index is 12.5. The smallest absolute Gasteiger partial charge is 0.230 e. The SMILES string of the molecule is O=C(C1CC1)N(c1ccccc1)C1CCNCC1. The van der Waals surface area contributed by atoms with E-state index in [1.54, 1.807) is 0 Å². The fraction of sp³-hybridized carbons (Fsp3) is 0.533. The predicted octanol–water partition coefficient (Wildman–Crippen LogP) is 2.18. The van der Waals surface area contributed by atoms with Gasteiger partial charge in [0.1, 0.15) is 0 Å². The second-order valence-electron chi connectivity index (χ2n) is 5.30. The average molecular weight is 244 g/mol. The Labute approximate surface area is 108 Å². The highest BCUT2D eigenvalue weighted by atomic mass is 16.2. The molecule has 0 bridgehead atoms. The number of rotatable bonds is 3. The van der Waals surface area contributed by atoms with Gasteiger partial charge in [0.2, 0.25) is 5.91 Å². The Hall–Kier alpha value is -1.35. The third-order valence-electron chi connectivity index (χ3n) is 3.87. The number of amides is 1. The third kappa shape index (κ3) is 2.41. The molecule has 1 saturated heterocycles. The molecule has 1 amide bonds. The van der Waals surface area contributed by atoms with Crippen LogP contribution in [0, 0.1) is 5.92 Å². The molecule has 2 aliphatic rings. The predicted molar refractivity (Wildman–Crippen MR) is 72.5 cm³/mol. The van der Waals surface area contributed by atoms with Crippen LogP contribution < -0.4 is 10.2 Å². The molecular formula is C15H20N2O. The van der Waals surface area contributed by atoms with E-state index < -0.39 is 0 Å². The van der Waals surface area contributed by atoms with E-state index in [0.29, 0.717) is 17.9 Å². The summed E-state index contributed by atoms with van der Waals surface area (Å²) in [7, 11) is 0. The summed E-state index contributed by atoms with van der Waals surface area (Å²) in [5.74, 6) is 0.633. The first-order valence-corrected chi connectivity index (χ1v) is 6.95. The molecule has 0 atom stereocenters. The number of benzene rings is 1. The zero-order valence-electron chi connectivity index (χ0n) is 10.6. The van der Waals surface area contributed by atoms with Gasteiger partial charge in [0, 0.05) is 17.6 Å². The van der Waals surface area contributed by atoms with Gasteiger partial charge >= 0.3 is 0 Å². The molecular weight excluding hydrogens is 224 g/mol. The molecule has 1 heterocycles. The zero-order chi connectivity index (χ0) is 12.4. The summed E-state index contributed by atoms with van der Waals surface area (Å²) in [4.78, 5) is 14.6. The van der Waals surface area contributed by atoms with Gasteiger partial charge in [-0.15, -0.1) is 0 Å². The number of nitrogens with one attached hydrogen (secondary N) is 1. The third-order valence-corrected chi connectivity index (χ3v) is 3.87. The van der Waals surface area contributed by atoms with Gasteiger partial charge in [-0.2, -0.15) is 0 Å². The molecule has 2 fully saturated rings. The van der Waals surface area contributed by atoms with Crippen molar-refractivity contribution in [3.8, 4) is 0 Å². The Morgan fingerprint density at radius 2 is 1.72 bits per heavy atom. The van der Waals surface area contributed by atoms with Crippen LogP contribution in [0.3, 0.4) is 0 Å². The maximum Gasteiger partial charge on any atom is 0.230 e. The van der Waals surface area contributed by atoms with Crippen LogP contribution in [0.2, 0.25) is 0 Å². The highest BCUT2D eigenvalue weighted by Crippen LogP contribution is 2.34. The van der Waals surface area contributed by atoms with Gasteiger partial charge in [0.05, 0.1) is 0 Å². The van der Waals surface area contributed by atoms with Gasteiger partial charge in [0.15, 0.2) is 0 Å². The minimum Gasteiger partial charge on any atom is -0.317 e. The van der Waals surface area contributed by atoms with Crippen molar-refractivity contribution >= 4 is 11.6 Å². The van der Waals surface area contributed by atoms with E-state index in [4.69, 9.17) is 0 Å². The minimum absolute atomic E-state index is 0.292. The van der Waals surface area contributed by atoms with Gasteiger partial charge < -0.3 is 10.2 Å². The summed E-state index contributed by atoms with van der Waals surface area (Å²) >= 11 is 0. The summed E-state index contributed by atoms with van der Waals surface area (Å²) in [5.41, 5.74) is 1.07. The Bertz CT molecular complexity index is 408. The number of anilines is 1. The van der Waals surface area contributed by atoms with Gasteiger partial charge in [-0.1, -0.05) is 18.2 Å². The second kappa shape index (κ2) is 5.11. The lowest BCUT2D eigenvalue weighted by molar-refractivity contribution is -0.120. The van der Waals surface area contributed by atoms with Gasteiger partial charge in [-0.3, -0.25) is 4.79 Å². The first kappa shape index (κ1) is 11.7. The first-order valence-electron chi connectivity index (χ1n) is 6.95. The van der Waals surface area contributed by atoms with Gasteiger partial charge in [0.25, 0.3) is 0 Å². The highest BCUT2D eigenvalue weighted by Gasteiger charge is 2.37. The van der Waals surface area contributed by atoms with Gasteiger partial charge in [-0.05, 0) is 50.9 Å². The average Bonchev–Trinajstić information content (AvgIpc) is 3.26. The molecule has 1 N–H and O–H groups in total. The Kier molecular flexibility index (Phi) is 3.33. The lowest BCUT2D eigenvalue weighted by Gasteiger charge is -2.35. The number of para-hydroxylation sites is 1. The molecule has 3 nitrogen and oxygen atoms in total. The largest absolute Gasteiger partial charge is 0.317 e. The molecule has 1 aliphatic heterocycles.